The highest BCUT2D eigenvalue weighted by Crippen LogP contribution is 2.23. The van der Waals surface area contributed by atoms with Crippen LogP contribution in [0, 0.1) is 6.92 Å². The molecule has 0 saturated heterocycles. The lowest BCUT2D eigenvalue weighted by Gasteiger charge is -2.25. The van der Waals surface area contributed by atoms with Crippen molar-refractivity contribution in [3.8, 4) is 0 Å². The highest BCUT2D eigenvalue weighted by atomic mass is 15.4. The molecule has 2 heterocycles. The van der Waals surface area contributed by atoms with Crippen molar-refractivity contribution in [2.24, 2.45) is 4.99 Å². The van der Waals surface area contributed by atoms with Crippen LogP contribution in [0.1, 0.15) is 69.4 Å². The zero-order valence-electron chi connectivity index (χ0n) is 17.2. The topological polar surface area (TPSA) is 67.1 Å². The Labute approximate surface area is 162 Å². The minimum Gasteiger partial charge on any atom is -0.357 e. The molecule has 0 fully saturated rings. The van der Waals surface area contributed by atoms with Crippen LogP contribution in [-0.2, 0) is 18.5 Å². The van der Waals surface area contributed by atoms with Crippen LogP contribution in [0.4, 0.5) is 0 Å². The molecule has 0 spiro atoms. The van der Waals surface area contributed by atoms with Gasteiger partial charge in [0.1, 0.15) is 11.6 Å². The van der Waals surface area contributed by atoms with Crippen molar-refractivity contribution in [2.75, 3.05) is 6.54 Å². The number of aliphatic imine (C=N–C) groups is 1. The van der Waals surface area contributed by atoms with Crippen molar-refractivity contribution in [1.29, 1.82) is 0 Å². The van der Waals surface area contributed by atoms with Gasteiger partial charge in [0.15, 0.2) is 5.96 Å². The number of aromatic nitrogens is 3. The number of hydrogen-bond donors (Lipinski definition) is 2. The van der Waals surface area contributed by atoms with E-state index in [0.717, 1.165) is 43.5 Å². The predicted octanol–water partition coefficient (Wildman–Crippen LogP) is 3.47. The van der Waals surface area contributed by atoms with E-state index in [1.165, 1.54) is 11.1 Å². The molecule has 2 N–H and O–H groups in total. The van der Waals surface area contributed by atoms with Crippen molar-refractivity contribution >= 4 is 5.96 Å². The highest BCUT2D eigenvalue weighted by Gasteiger charge is 2.24. The van der Waals surface area contributed by atoms with Crippen LogP contribution in [0.5, 0.6) is 0 Å². The second-order valence-electron chi connectivity index (χ2n) is 8.22. The Balaban J connectivity index is 1.70. The predicted molar refractivity (Wildman–Crippen MR) is 110 cm³/mol. The molecule has 3 rings (SSSR count). The SMILES string of the molecule is CCNC(=NCc1ccc(C(C)(C)C)cc1)NC1CCCn2nc(C)nc21. The van der Waals surface area contributed by atoms with E-state index in [4.69, 9.17) is 4.99 Å². The van der Waals surface area contributed by atoms with Crippen molar-refractivity contribution in [2.45, 2.75) is 72.0 Å². The molecule has 1 aromatic heterocycles. The van der Waals surface area contributed by atoms with Crippen LogP contribution in [0.3, 0.4) is 0 Å². The fourth-order valence-electron chi connectivity index (χ4n) is 3.37. The molecule has 0 saturated carbocycles. The molecule has 1 atom stereocenters. The quantitative estimate of drug-likeness (QED) is 0.640. The number of rotatable bonds is 4. The fourth-order valence-corrected chi connectivity index (χ4v) is 3.37. The summed E-state index contributed by atoms with van der Waals surface area (Å²) in [4.78, 5) is 9.39. The number of hydrogen-bond acceptors (Lipinski definition) is 3. The molecule has 0 aliphatic carbocycles. The van der Waals surface area contributed by atoms with Crippen LogP contribution in [-0.4, -0.2) is 27.3 Å². The zero-order valence-corrected chi connectivity index (χ0v) is 17.2. The van der Waals surface area contributed by atoms with Crippen LogP contribution in [0.25, 0.3) is 0 Å². The summed E-state index contributed by atoms with van der Waals surface area (Å²) in [5, 5.41) is 11.4. The van der Waals surface area contributed by atoms with Gasteiger partial charge in [-0.1, -0.05) is 45.0 Å². The third kappa shape index (κ3) is 4.87. The van der Waals surface area contributed by atoms with E-state index in [1.54, 1.807) is 0 Å². The second kappa shape index (κ2) is 8.11. The van der Waals surface area contributed by atoms with Crippen molar-refractivity contribution < 1.29 is 0 Å². The zero-order chi connectivity index (χ0) is 19.4. The number of aryl methyl sites for hydroxylation is 2. The van der Waals surface area contributed by atoms with Crippen molar-refractivity contribution in [1.82, 2.24) is 25.4 Å². The lowest BCUT2D eigenvalue weighted by molar-refractivity contribution is 0.397. The Morgan fingerprint density at radius 2 is 2.00 bits per heavy atom. The Kier molecular flexibility index (Phi) is 5.82. The first-order chi connectivity index (χ1) is 12.9. The minimum absolute atomic E-state index is 0.154. The molecule has 0 bridgehead atoms. The van der Waals surface area contributed by atoms with Gasteiger partial charge in [-0.3, -0.25) is 0 Å². The molecule has 6 nitrogen and oxygen atoms in total. The molecule has 1 aliphatic heterocycles. The van der Waals surface area contributed by atoms with Gasteiger partial charge in [-0.05, 0) is 43.2 Å². The molecule has 146 valence electrons. The third-order valence-electron chi connectivity index (χ3n) is 4.88. The van der Waals surface area contributed by atoms with Gasteiger partial charge in [0.25, 0.3) is 0 Å². The van der Waals surface area contributed by atoms with E-state index in [0.29, 0.717) is 6.54 Å². The first kappa shape index (κ1) is 19.4. The molecular weight excluding hydrogens is 336 g/mol. The summed E-state index contributed by atoms with van der Waals surface area (Å²) in [5.41, 5.74) is 2.73. The first-order valence-corrected chi connectivity index (χ1v) is 9.92. The van der Waals surface area contributed by atoms with Crippen LogP contribution < -0.4 is 10.6 Å². The standard InChI is InChI=1S/C21H32N6/c1-6-22-20(23-14-16-9-11-17(12-10-16)21(3,4)5)25-18-8-7-13-27-19(18)24-15(2)26-27/h9-12,18H,6-8,13-14H2,1-5H3,(H2,22,23,25). The summed E-state index contributed by atoms with van der Waals surface area (Å²) < 4.78 is 2.02. The maximum absolute atomic E-state index is 4.79. The molecule has 1 aliphatic rings. The van der Waals surface area contributed by atoms with E-state index in [-0.39, 0.29) is 11.5 Å². The summed E-state index contributed by atoms with van der Waals surface area (Å²) in [6.07, 6.45) is 2.14. The number of benzene rings is 1. The summed E-state index contributed by atoms with van der Waals surface area (Å²) in [7, 11) is 0. The first-order valence-electron chi connectivity index (χ1n) is 9.92. The molecule has 1 unspecified atom stereocenters. The monoisotopic (exact) mass is 368 g/mol. The van der Waals surface area contributed by atoms with Gasteiger partial charge >= 0.3 is 0 Å². The Hall–Kier alpha value is -2.37. The smallest absolute Gasteiger partial charge is 0.192 e. The Bertz CT molecular complexity index is 782. The average molecular weight is 369 g/mol. The maximum atomic E-state index is 4.79. The average Bonchev–Trinajstić information content (AvgIpc) is 3.01. The number of guanidine groups is 1. The normalized spacial score (nSPS) is 17.5. The number of fused-ring (bicyclic) bond motifs is 1. The molecule has 6 heteroatoms. The van der Waals surface area contributed by atoms with Gasteiger partial charge in [0.2, 0.25) is 0 Å². The van der Waals surface area contributed by atoms with E-state index in [1.807, 2.05) is 11.6 Å². The van der Waals surface area contributed by atoms with Gasteiger partial charge in [0, 0.05) is 13.1 Å². The van der Waals surface area contributed by atoms with Crippen LogP contribution in [0.15, 0.2) is 29.3 Å². The molecule has 27 heavy (non-hydrogen) atoms. The van der Waals surface area contributed by atoms with Crippen molar-refractivity contribution in [3.05, 3.63) is 47.0 Å². The van der Waals surface area contributed by atoms with Gasteiger partial charge in [-0.25, -0.2) is 14.7 Å². The molecule has 0 radical (unpaired) electrons. The lowest BCUT2D eigenvalue weighted by atomic mass is 9.87. The van der Waals surface area contributed by atoms with E-state index in [9.17, 15) is 0 Å². The van der Waals surface area contributed by atoms with Crippen LogP contribution in [0.2, 0.25) is 0 Å². The fraction of sp³-hybridized carbons (Fsp3) is 0.571. The Morgan fingerprint density at radius 3 is 2.67 bits per heavy atom. The maximum Gasteiger partial charge on any atom is 0.192 e. The van der Waals surface area contributed by atoms with Crippen molar-refractivity contribution in [3.63, 3.8) is 0 Å². The second-order valence-corrected chi connectivity index (χ2v) is 8.22. The van der Waals surface area contributed by atoms with Gasteiger partial charge in [-0.15, -0.1) is 0 Å². The highest BCUT2D eigenvalue weighted by molar-refractivity contribution is 5.80. The summed E-state index contributed by atoms with van der Waals surface area (Å²) in [6, 6.07) is 8.92. The van der Waals surface area contributed by atoms with E-state index < -0.39 is 0 Å². The molecule has 1 aromatic carbocycles. The van der Waals surface area contributed by atoms with Gasteiger partial charge < -0.3 is 10.6 Å². The van der Waals surface area contributed by atoms with E-state index in [2.05, 4.69) is 72.7 Å². The lowest BCUT2D eigenvalue weighted by Crippen LogP contribution is -2.41. The summed E-state index contributed by atoms with van der Waals surface area (Å²) >= 11 is 0. The number of nitrogens with zero attached hydrogens (tertiary/aromatic N) is 4. The minimum atomic E-state index is 0.154. The van der Waals surface area contributed by atoms with Gasteiger partial charge in [-0.2, -0.15) is 5.10 Å². The number of nitrogens with one attached hydrogen (secondary N) is 2. The largest absolute Gasteiger partial charge is 0.357 e. The summed E-state index contributed by atoms with van der Waals surface area (Å²) in [6.45, 7) is 13.2. The molecular formula is C21H32N6. The molecule has 2 aromatic rings. The summed E-state index contributed by atoms with van der Waals surface area (Å²) in [5.74, 6) is 2.68. The van der Waals surface area contributed by atoms with Gasteiger partial charge in [0.05, 0.1) is 12.6 Å². The third-order valence-corrected chi connectivity index (χ3v) is 4.88. The van der Waals surface area contributed by atoms with E-state index >= 15 is 0 Å². The Morgan fingerprint density at radius 1 is 1.26 bits per heavy atom. The van der Waals surface area contributed by atoms with Crippen LogP contribution >= 0.6 is 0 Å². The molecule has 0 amide bonds.